The van der Waals surface area contributed by atoms with Gasteiger partial charge in [0.25, 0.3) is 0 Å². The molecule has 1 unspecified atom stereocenters. The molecule has 0 rings (SSSR count). The van der Waals surface area contributed by atoms with E-state index in [-0.39, 0.29) is 18.0 Å². The highest BCUT2D eigenvalue weighted by atomic mass is 16.5. The van der Waals surface area contributed by atoms with Crippen LogP contribution in [0.4, 0.5) is 0 Å². The van der Waals surface area contributed by atoms with Gasteiger partial charge in [-0.1, -0.05) is 20.8 Å². The molecule has 0 saturated carbocycles. The topological polar surface area (TPSA) is 46.5 Å². The molecular formula is C10H20O3. The predicted octanol–water partition coefficient (Wildman–Crippen LogP) is 1.59. The summed E-state index contributed by atoms with van der Waals surface area (Å²) in [5, 5.41) is 9.22. The summed E-state index contributed by atoms with van der Waals surface area (Å²) in [6.07, 6.45) is 0. The maximum absolute atomic E-state index is 11.6. The van der Waals surface area contributed by atoms with E-state index in [1.807, 2.05) is 20.8 Å². The van der Waals surface area contributed by atoms with Gasteiger partial charge in [0, 0.05) is 0 Å². The molecule has 0 aromatic heterocycles. The zero-order valence-corrected chi connectivity index (χ0v) is 9.18. The summed E-state index contributed by atoms with van der Waals surface area (Å²) in [4.78, 5) is 11.6. The Morgan fingerprint density at radius 2 is 1.77 bits per heavy atom. The number of esters is 1. The van der Waals surface area contributed by atoms with E-state index >= 15 is 0 Å². The van der Waals surface area contributed by atoms with Gasteiger partial charge in [-0.2, -0.15) is 0 Å². The van der Waals surface area contributed by atoms with Gasteiger partial charge in [0.1, 0.15) is 0 Å². The molecule has 1 N–H and O–H groups in total. The minimum atomic E-state index is -0.816. The lowest BCUT2D eigenvalue weighted by Crippen LogP contribution is -2.44. The van der Waals surface area contributed by atoms with E-state index in [2.05, 4.69) is 0 Å². The van der Waals surface area contributed by atoms with Crippen LogP contribution in [-0.4, -0.2) is 24.3 Å². The molecule has 0 spiro atoms. The predicted molar refractivity (Wildman–Crippen MR) is 51.3 cm³/mol. The average molecular weight is 188 g/mol. The van der Waals surface area contributed by atoms with Crippen LogP contribution in [0.2, 0.25) is 0 Å². The first-order valence-corrected chi connectivity index (χ1v) is 4.57. The molecule has 0 saturated heterocycles. The molecule has 0 bridgehead atoms. The van der Waals surface area contributed by atoms with Crippen LogP contribution in [-0.2, 0) is 9.53 Å². The van der Waals surface area contributed by atoms with Crippen molar-refractivity contribution in [2.75, 3.05) is 13.2 Å². The maximum atomic E-state index is 11.6. The Bertz CT molecular complexity index is 181. The molecule has 0 aliphatic carbocycles. The summed E-state index contributed by atoms with van der Waals surface area (Å²) < 4.78 is 4.93. The van der Waals surface area contributed by atoms with E-state index in [9.17, 15) is 9.90 Å². The quantitative estimate of drug-likeness (QED) is 0.684. The number of carbonyl (C=O) groups excluding carboxylic acids is 1. The molecule has 0 aliphatic rings. The van der Waals surface area contributed by atoms with Crippen molar-refractivity contribution in [3.8, 4) is 0 Å². The van der Waals surface area contributed by atoms with Crippen LogP contribution in [0, 0.1) is 10.8 Å². The van der Waals surface area contributed by atoms with Crippen LogP contribution < -0.4 is 0 Å². The van der Waals surface area contributed by atoms with Crippen LogP contribution in [0.1, 0.15) is 34.6 Å². The first-order chi connectivity index (χ1) is 5.79. The first-order valence-electron chi connectivity index (χ1n) is 4.57. The Balaban J connectivity index is 4.73. The van der Waals surface area contributed by atoms with Crippen LogP contribution in [0.3, 0.4) is 0 Å². The molecule has 1 atom stereocenters. The molecule has 3 nitrogen and oxygen atoms in total. The fourth-order valence-electron chi connectivity index (χ4n) is 0.898. The Kier molecular flexibility index (Phi) is 3.91. The summed E-state index contributed by atoms with van der Waals surface area (Å²) in [7, 11) is 0. The largest absolute Gasteiger partial charge is 0.465 e. The van der Waals surface area contributed by atoms with Crippen LogP contribution in [0.5, 0.6) is 0 Å². The van der Waals surface area contributed by atoms with E-state index in [1.54, 1.807) is 13.8 Å². The Labute approximate surface area is 80.1 Å². The lowest BCUT2D eigenvalue weighted by Gasteiger charge is -2.37. The van der Waals surface area contributed by atoms with Gasteiger partial charge in [-0.3, -0.25) is 4.79 Å². The normalized spacial score (nSPS) is 16.5. The molecule has 0 aromatic rings. The number of hydrogen-bond donors (Lipinski definition) is 1. The van der Waals surface area contributed by atoms with Gasteiger partial charge in [-0.25, -0.2) is 0 Å². The first kappa shape index (κ1) is 12.4. The summed E-state index contributed by atoms with van der Waals surface area (Å²) in [6.45, 7) is 9.41. The second kappa shape index (κ2) is 4.09. The summed E-state index contributed by atoms with van der Waals surface area (Å²) >= 11 is 0. The third kappa shape index (κ3) is 2.44. The second-order valence-corrected chi connectivity index (χ2v) is 4.46. The molecule has 3 heteroatoms. The Hall–Kier alpha value is -0.570. The zero-order chi connectivity index (χ0) is 10.7. The van der Waals surface area contributed by atoms with Crippen molar-refractivity contribution in [2.24, 2.45) is 10.8 Å². The fraction of sp³-hybridized carbons (Fsp3) is 0.900. The Morgan fingerprint density at radius 1 is 1.31 bits per heavy atom. The van der Waals surface area contributed by atoms with Gasteiger partial charge >= 0.3 is 5.97 Å². The molecule has 13 heavy (non-hydrogen) atoms. The highest BCUT2D eigenvalue weighted by molar-refractivity contribution is 5.77. The second-order valence-electron chi connectivity index (χ2n) is 4.46. The van der Waals surface area contributed by atoms with Gasteiger partial charge in [-0.15, -0.1) is 0 Å². The average Bonchev–Trinajstić information content (AvgIpc) is 2.01. The minimum Gasteiger partial charge on any atom is -0.465 e. The van der Waals surface area contributed by atoms with Gasteiger partial charge in [0.05, 0.1) is 18.6 Å². The van der Waals surface area contributed by atoms with Crippen molar-refractivity contribution in [1.82, 2.24) is 0 Å². The highest BCUT2D eigenvalue weighted by Crippen LogP contribution is 2.38. The van der Waals surface area contributed by atoms with E-state index in [4.69, 9.17) is 4.74 Å². The molecule has 0 fully saturated rings. The zero-order valence-electron chi connectivity index (χ0n) is 9.18. The molecule has 0 heterocycles. The van der Waals surface area contributed by atoms with Gasteiger partial charge in [-0.05, 0) is 19.3 Å². The van der Waals surface area contributed by atoms with E-state index in [1.165, 1.54) is 0 Å². The number of hydrogen-bond acceptors (Lipinski definition) is 3. The highest BCUT2D eigenvalue weighted by Gasteiger charge is 2.45. The molecule has 0 radical (unpaired) electrons. The smallest absolute Gasteiger partial charge is 0.314 e. The van der Waals surface area contributed by atoms with Crippen molar-refractivity contribution in [1.29, 1.82) is 0 Å². The number of aliphatic hydroxyl groups excluding tert-OH is 1. The van der Waals surface area contributed by atoms with Crippen LogP contribution in [0.25, 0.3) is 0 Å². The maximum Gasteiger partial charge on any atom is 0.314 e. The van der Waals surface area contributed by atoms with Crippen molar-refractivity contribution in [3.63, 3.8) is 0 Å². The van der Waals surface area contributed by atoms with E-state index < -0.39 is 5.41 Å². The van der Waals surface area contributed by atoms with Gasteiger partial charge in [0.15, 0.2) is 0 Å². The number of rotatable bonds is 3. The number of ether oxygens (including phenoxy) is 1. The third-order valence-electron chi connectivity index (χ3n) is 2.70. The number of carbonyl (C=O) groups is 1. The van der Waals surface area contributed by atoms with Crippen molar-refractivity contribution < 1.29 is 14.6 Å². The van der Waals surface area contributed by atoms with E-state index in [0.29, 0.717) is 6.61 Å². The summed E-state index contributed by atoms with van der Waals surface area (Å²) in [5.41, 5.74) is -1.11. The van der Waals surface area contributed by atoms with Crippen molar-refractivity contribution >= 4 is 5.97 Å². The van der Waals surface area contributed by atoms with E-state index in [0.717, 1.165) is 0 Å². The van der Waals surface area contributed by atoms with Gasteiger partial charge in [0.2, 0.25) is 0 Å². The third-order valence-corrected chi connectivity index (χ3v) is 2.70. The molecular weight excluding hydrogens is 168 g/mol. The lowest BCUT2D eigenvalue weighted by atomic mass is 9.68. The molecule has 78 valence electrons. The van der Waals surface area contributed by atoms with Crippen LogP contribution in [0.15, 0.2) is 0 Å². The molecule has 0 aliphatic heterocycles. The number of aliphatic hydroxyl groups is 1. The van der Waals surface area contributed by atoms with Gasteiger partial charge < -0.3 is 9.84 Å². The van der Waals surface area contributed by atoms with Crippen molar-refractivity contribution in [2.45, 2.75) is 34.6 Å². The SMILES string of the molecule is CCOC(=O)C(C)(CO)C(C)(C)C. The van der Waals surface area contributed by atoms with Crippen LogP contribution >= 0.6 is 0 Å². The summed E-state index contributed by atoms with van der Waals surface area (Å²) in [5.74, 6) is -0.329. The monoisotopic (exact) mass is 188 g/mol. The molecule has 0 amide bonds. The minimum absolute atomic E-state index is 0.185. The molecule has 0 aromatic carbocycles. The summed E-state index contributed by atoms with van der Waals surface area (Å²) in [6, 6.07) is 0. The lowest BCUT2D eigenvalue weighted by molar-refractivity contribution is -0.164. The Morgan fingerprint density at radius 3 is 2.00 bits per heavy atom. The van der Waals surface area contributed by atoms with Crippen molar-refractivity contribution in [3.05, 3.63) is 0 Å². The standard InChI is InChI=1S/C10H20O3/c1-6-13-8(12)10(5,7-11)9(2,3)4/h11H,6-7H2,1-5H3. The fourth-order valence-corrected chi connectivity index (χ4v) is 0.898.